The van der Waals surface area contributed by atoms with Crippen LogP contribution in [0.1, 0.15) is 25.7 Å². The lowest BCUT2D eigenvalue weighted by atomic mass is 9.83. The molecule has 3 unspecified atom stereocenters. The third kappa shape index (κ3) is 1.71. The number of carbonyl (C=O) groups is 2. The third-order valence-corrected chi connectivity index (χ3v) is 3.51. The molecule has 3 atom stereocenters. The van der Waals surface area contributed by atoms with Crippen LogP contribution in [-0.2, 0) is 4.79 Å². The number of carbonyl (C=O) groups excluding carboxylic acids is 2. The standard InChI is InChI=1S/C9H13ClN2O2/c10-6-4-2-1-3-5(6)7-8(13)12-9(14)11-7/h5-7H,1-4H2,(H2,11,12,13,14). The van der Waals surface area contributed by atoms with Crippen molar-refractivity contribution in [2.24, 2.45) is 5.92 Å². The molecule has 2 rings (SSSR count). The predicted molar refractivity (Wildman–Crippen MR) is 52.1 cm³/mol. The Morgan fingerprint density at radius 2 is 1.93 bits per heavy atom. The highest BCUT2D eigenvalue weighted by atomic mass is 35.5. The van der Waals surface area contributed by atoms with Gasteiger partial charge in [0.05, 0.1) is 0 Å². The van der Waals surface area contributed by atoms with E-state index in [1.807, 2.05) is 0 Å². The Bertz CT molecular complexity index is 270. The van der Waals surface area contributed by atoms with E-state index < -0.39 is 12.1 Å². The van der Waals surface area contributed by atoms with Gasteiger partial charge in [0.1, 0.15) is 6.04 Å². The number of rotatable bonds is 1. The van der Waals surface area contributed by atoms with Crippen molar-refractivity contribution in [1.82, 2.24) is 10.6 Å². The molecule has 3 amide bonds. The van der Waals surface area contributed by atoms with Crippen molar-refractivity contribution in [2.45, 2.75) is 37.1 Å². The van der Waals surface area contributed by atoms with Gasteiger partial charge in [0.15, 0.2) is 0 Å². The zero-order valence-corrected chi connectivity index (χ0v) is 8.51. The van der Waals surface area contributed by atoms with E-state index in [1.165, 1.54) is 0 Å². The molecule has 78 valence electrons. The Morgan fingerprint density at radius 1 is 1.21 bits per heavy atom. The molecule has 1 aliphatic carbocycles. The van der Waals surface area contributed by atoms with Crippen LogP contribution in [-0.4, -0.2) is 23.4 Å². The molecule has 2 N–H and O–H groups in total. The quantitative estimate of drug-likeness (QED) is 0.507. The lowest BCUT2D eigenvalue weighted by Gasteiger charge is -2.29. The summed E-state index contributed by atoms with van der Waals surface area (Å²) in [5, 5.41) is 4.87. The van der Waals surface area contributed by atoms with Crippen LogP contribution in [0.2, 0.25) is 0 Å². The van der Waals surface area contributed by atoms with E-state index in [1.54, 1.807) is 0 Å². The molecule has 2 fully saturated rings. The topological polar surface area (TPSA) is 58.2 Å². The van der Waals surface area contributed by atoms with Gasteiger partial charge in [-0.25, -0.2) is 4.79 Å². The van der Waals surface area contributed by atoms with E-state index in [-0.39, 0.29) is 17.2 Å². The molecule has 1 aliphatic heterocycles. The second kappa shape index (κ2) is 3.77. The van der Waals surface area contributed by atoms with Crippen LogP contribution in [0.5, 0.6) is 0 Å². The van der Waals surface area contributed by atoms with Crippen LogP contribution in [0.3, 0.4) is 0 Å². The van der Waals surface area contributed by atoms with E-state index >= 15 is 0 Å². The van der Waals surface area contributed by atoms with Crippen molar-refractivity contribution >= 4 is 23.5 Å². The Kier molecular flexibility index (Phi) is 2.63. The molecule has 0 spiro atoms. The first-order chi connectivity index (χ1) is 6.68. The van der Waals surface area contributed by atoms with Gasteiger partial charge < -0.3 is 5.32 Å². The summed E-state index contributed by atoms with van der Waals surface area (Å²) in [4.78, 5) is 22.3. The van der Waals surface area contributed by atoms with Crippen molar-refractivity contribution in [2.75, 3.05) is 0 Å². The molecule has 4 nitrogen and oxygen atoms in total. The van der Waals surface area contributed by atoms with Crippen LogP contribution >= 0.6 is 11.6 Å². The summed E-state index contributed by atoms with van der Waals surface area (Å²) in [6.45, 7) is 0. The summed E-state index contributed by atoms with van der Waals surface area (Å²) in [5.74, 6) is -0.135. The monoisotopic (exact) mass is 216 g/mol. The van der Waals surface area contributed by atoms with Crippen LogP contribution in [0, 0.1) is 5.92 Å². The first-order valence-electron chi connectivity index (χ1n) is 4.94. The van der Waals surface area contributed by atoms with E-state index in [4.69, 9.17) is 11.6 Å². The number of hydrogen-bond donors (Lipinski definition) is 2. The number of urea groups is 1. The highest BCUT2D eigenvalue weighted by molar-refractivity contribution is 6.21. The van der Waals surface area contributed by atoms with Crippen LogP contribution in [0.15, 0.2) is 0 Å². The smallest absolute Gasteiger partial charge is 0.322 e. The Morgan fingerprint density at radius 3 is 2.50 bits per heavy atom. The first kappa shape index (κ1) is 9.77. The summed E-state index contributed by atoms with van der Waals surface area (Å²) in [5.41, 5.74) is 0. The van der Waals surface area contributed by atoms with Gasteiger partial charge in [-0.15, -0.1) is 11.6 Å². The van der Waals surface area contributed by atoms with E-state index in [9.17, 15) is 9.59 Å². The largest absolute Gasteiger partial charge is 0.326 e. The molecule has 0 bridgehead atoms. The Hall–Kier alpha value is -0.770. The lowest BCUT2D eigenvalue weighted by Crippen LogP contribution is -2.42. The second-order valence-electron chi connectivity index (χ2n) is 3.90. The molecule has 2 aliphatic rings. The maximum Gasteiger partial charge on any atom is 0.322 e. The van der Waals surface area contributed by atoms with E-state index in [0.29, 0.717) is 0 Å². The molecule has 0 aromatic rings. The Labute approximate surface area is 87.4 Å². The third-order valence-electron chi connectivity index (χ3n) is 2.97. The number of alkyl halides is 1. The van der Waals surface area contributed by atoms with Gasteiger partial charge in [-0.2, -0.15) is 0 Å². The summed E-state index contributed by atoms with van der Waals surface area (Å²) in [7, 11) is 0. The van der Waals surface area contributed by atoms with Crippen LogP contribution in [0.25, 0.3) is 0 Å². The van der Waals surface area contributed by atoms with Crippen LogP contribution < -0.4 is 10.6 Å². The number of imide groups is 1. The molecule has 0 aromatic heterocycles. The minimum atomic E-state index is -0.412. The minimum Gasteiger partial charge on any atom is -0.326 e. The molecule has 1 heterocycles. The molecule has 0 radical (unpaired) electrons. The molecule has 5 heteroatoms. The van der Waals surface area contributed by atoms with Gasteiger partial charge in [0.2, 0.25) is 0 Å². The summed E-state index contributed by atoms with van der Waals surface area (Å²) in [6, 6.07) is -0.806. The predicted octanol–water partition coefficient (Wildman–Crippen LogP) is 0.992. The Balaban J connectivity index is 2.06. The highest BCUT2D eigenvalue weighted by Crippen LogP contribution is 2.31. The maximum absolute atomic E-state index is 11.4. The molecule has 1 saturated carbocycles. The maximum atomic E-state index is 11.4. The fourth-order valence-corrected chi connectivity index (χ4v) is 2.65. The number of nitrogens with one attached hydrogen (secondary N) is 2. The number of amides is 3. The molecular weight excluding hydrogens is 204 g/mol. The normalized spacial score (nSPS) is 37.9. The van der Waals surface area contributed by atoms with Crippen molar-refractivity contribution in [3.05, 3.63) is 0 Å². The molecule has 14 heavy (non-hydrogen) atoms. The molecule has 0 aromatic carbocycles. The van der Waals surface area contributed by atoms with Crippen molar-refractivity contribution in [3.8, 4) is 0 Å². The zero-order valence-electron chi connectivity index (χ0n) is 7.75. The van der Waals surface area contributed by atoms with Gasteiger partial charge in [0.25, 0.3) is 5.91 Å². The average molecular weight is 217 g/mol. The minimum absolute atomic E-state index is 0.0119. The zero-order chi connectivity index (χ0) is 10.1. The summed E-state index contributed by atoms with van der Waals surface area (Å²) >= 11 is 6.14. The second-order valence-corrected chi connectivity index (χ2v) is 4.47. The fourth-order valence-electron chi connectivity index (χ4n) is 2.22. The van der Waals surface area contributed by atoms with Gasteiger partial charge in [-0.3, -0.25) is 10.1 Å². The first-order valence-corrected chi connectivity index (χ1v) is 5.37. The number of halogens is 1. The summed E-state index contributed by atoms with van der Waals surface area (Å²) in [6.07, 6.45) is 4.07. The van der Waals surface area contributed by atoms with Crippen molar-refractivity contribution < 1.29 is 9.59 Å². The molecular formula is C9H13ClN2O2. The summed E-state index contributed by atoms with van der Waals surface area (Å²) < 4.78 is 0. The highest BCUT2D eigenvalue weighted by Gasteiger charge is 2.40. The van der Waals surface area contributed by atoms with E-state index in [2.05, 4.69) is 10.6 Å². The van der Waals surface area contributed by atoms with Crippen molar-refractivity contribution in [1.29, 1.82) is 0 Å². The van der Waals surface area contributed by atoms with Gasteiger partial charge >= 0.3 is 6.03 Å². The van der Waals surface area contributed by atoms with Crippen molar-refractivity contribution in [3.63, 3.8) is 0 Å². The molecule has 1 saturated heterocycles. The van der Waals surface area contributed by atoms with Crippen LogP contribution in [0.4, 0.5) is 4.79 Å². The SMILES string of the molecule is O=C1NC(=O)C(C2CCCCC2Cl)N1. The fraction of sp³-hybridized carbons (Fsp3) is 0.778. The van der Waals surface area contributed by atoms with Gasteiger partial charge in [0, 0.05) is 11.3 Å². The average Bonchev–Trinajstić information content (AvgIpc) is 2.46. The number of hydrogen-bond acceptors (Lipinski definition) is 2. The lowest BCUT2D eigenvalue weighted by molar-refractivity contribution is -0.121. The van der Waals surface area contributed by atoms with Gasteiger partial charge in [-0.05, 0) is 12.8 Å². The van der Waals surface area contributed by atoms with E-state index in [0.717, 1.165) is 25.7 Å². The van der Waals surface area contributed by atoms with Gasteiger partial charge in [-0.1, -0.05) is 12.8 Å².